The molecule has 0 unspecified atom stereocenters. The molecule has 1 aliphatic heterocycles. The van der Waals surface area contributed by atoms with Gasteiger partial charge in [0.1, 0.15) is 5.82 Å². The van der Waals surface area contributed by atoms with Crippen molar-refractivity contribution in [2.24, 2.45) is 0 Å². The Balaban J connectivity index is 1.45. The van der Waals surface area contributed by atoms with Crippen LogP contribution >= 0.6 is 12.2 Å². The Morgan fingerprint density at radius 2 is 1.92 bits per heavy atom. The molecule has 0 radical (unpaired) electrons. The predicted octanol–water partition coefficient (Wildman–Crippen LogP) is 5.32. The van der Waals surface area contributed by atoms with E-state index in [0.717, 1.165) is 22.6 Å². The lowest BCUT2D eigenvalue weighted by Gasteiger charge is -2.29. The van der Waals surface area contributed by atoms with E-state index in [4.69, 9.17) is 12.2 Å². The van der Waals surface area contributed by atoms with Crippen LogP contribution in [0, 0.1) is 12.7 Å². The fourth-order valence-corrected chi connectivity index (χ4v) is 4.95. The number of para-hydroxylation sites is 1. The molecule has 2 aromatic heterocycles. The Labute approximate surface area is 214 Å². The van der Waals surface area contributed by atoms with Crippen molar-refractivity contribution < 1.29 is 9.18 Å². The minimum absolute atomic E-state index is 0.146. The number of nitrogens with zero attached hydrogens (tertiary/aromatic N) is 3. The average molecular weight is 500 g/mol. The zero-order valence-corrected chi connectivity index (χ0v) is 20.6. The standard InChI is InChI=1S/C28H26FN5OS/c1-19-8-6-9-20(18-19)33-16-7-13-24(33)27-26(23-12-4-5-15-30-23)32-28(36)34(27)17-14-25(35)31-22-11-3-2-10-21(22)29/h2-13,15-16,18,26-27H,14,17H2,1H3,(H,31,35)(H,32,36)/t26-,27-/m1/s1. The first-order valence-electron chi connectivity index (χ1n) is 11.8. The van der Waals surface area contributed by atoms with Gasteiger partial charge in [-0.3, -0.25) is 9.78 Å². The molecule has 0 spiro atoms. The number of nitrogens with one attached hydrogen (secondary N) is 2. The lowest BCUT2D eigenvalue weighted by molar-refractivity contribution is -0.116. The number of aryl methyl sites for hydroxylation is 1. The maximum absolute atomic E-state index is 14.0. The van der Waals surface area contributed by atoms with Crippen LogP contribution in [0.4, 0.5) is 10.1 Å². The summed E-state index contributed by atoms with van der Waals surface area (Å²) in [5.41, 5.74) is 4.26. The average Bonchev–Trinajstić information content (AvgIpc) is 3.49. The molecule has 2 aromatic carbocycles. The zero-order chi connectivity index (χ0) is 25.1. The molecule has 2 atom stereocenters. The smallest absolute Gasteiger partial charge is 0.226 e. The highest BCUT2D eigenvalue weighted by molar-refractivity contribution is 7.80. The first-order chi connectivity index (χ1) is 17.5. The van der Waals surface area contributed by atoms with Crippen molar-refractivity contribution >= 4 is 28.9 Å². The molecule has 1 amide bonds. The zero-order valence-electron chi connectivity index (χ0n) is 19.8. The van der Waals surface area contributed by atoms with Gasteiger partial charge in [-0.25, -0.2) is 4.39 Å². The van der Waals surface area contributed by atoms with E-state index in [0.29, 0.717) is 11.7 Å². The van der Waals surface area contributed by atoms with E-state index in [9.17, 15) is 9.18 Å². The summed E-state index contributed by atoms with van der Waals surface area (Å²) in [6.45, 7) is 2.43. The first kappa shape index (κ1) is 23.7. The molecular weight excluding hydrogens is 473 g/mol. The topological polar surface area (TPSA) is 62.2 Å². The van der Waals surface area contributed by atoms with Gasteiger partial charge in [0.2, 0.25) is 5.91 Å². The maximum atomic E-state index is 14.0. The van der Waals surface area contributed by atoms with Crippen LogP contribution in [0.25, 0.3) is 5.69 Å². The van der Waals surface area contributed by atoms with E-state index in [1.807, 2.05) is 41.4 Å². The summed E-state index contributed by atoms with van der Waals surface area (Å²) in [5.74, 6) is -0.745. The molecule has 6 nitrogen and oxygen atoms in total. The highest BCUT2D eigenvalue weighted by Gasteiger charge is 2.41. The second-order valence-electron chi connectivity index (χ2n) is 8.74. The molecule has 3 heterocycles. The number of benzene rings is 2. The molecule has 0 bridgehead atoms. The summed E-state index contributed by atoms with van der Waals surface area (Å²) >= 11 is 5.74. The number of carbonyl (C=O) groups is 1. The largest absolute Gasteiger partial charge is 0.352 e. The Morgan fingerprint density at radius 1 is 1.08 bits per heavy atom. The van der Waals surface area contributed by atoms with Gasteiger partial charge in [-0.2, -0.15) is 0 Å². The van der Waals surface area contributed by atoms with Crippen molar-refractivity contribution in [3.8, 4) is 5.69 Å². The predicted molar refractivity (Wildman–Crippen MR) is 142 cm³/mol. The summed E-state index contributed by atoms with van der Waals surface area (Å²) in [4.78, 5) is 19.3. The molecule has 2 N–H and O–H groups in total. The summed E-state index contributed by atoms with van der Waals surface area (Å²) < 4.78 is 16.2. The fraction of sp³-hybridized carbons (Fsp3) is 0.179. The van der Waals surface area contributed by atoms with Gasteiger partial charge in [0.25, 0.3) is 0 Å². The number of pyridine rings is 1. The number of halogens is 1. The number of anilines is 1. The molecule has 0 saturated carbocycles. The van der Waals surface area contributed by atoms with Crippen LogP contribution in [0.15, 0.2) is 91.3 Å². The molecule has 4 aromatic rings. The van der Waals surface area contributed by atoms with Crippen molar-refractivity contribution in [3.05, 3.63) is 114 Å². The molecule has 0 aliphatic carbocycles. The molecule has 182 valence electrons. The van der Waals surface area contributed by atoms with Gasteiger partial charge in [0.15, 0.2) is 5.11 Å². The maximum Gasteiger partial charge on any atom is 0.226 e. The Kier molecular flexibility index (Phi) is 6.77. The SMILES string of the molecule is Cc1cccc(-n2cccc2[C@@H]2[C@@H](c3ccccn3)NC(=S)N2CCC(=O)Nc2ccccc2F)c1. The number of hydrogen-bond donors (Lipinski definition) is 2. The summed E-state index contributed by atoms with van der Waals surface area (Å²) in [6.07, 6.45) is 3.94. The second kappa shape index (κ2) is 10.3. The highest BCUT2D eigenvalue weighted by atomic mass is 32.1. The van der Waals surface area contributed by atoms with Crippen LogP contribution in [-0.2, 0) is 4.79 Å². The Morgan fingerprint density at radius 3 is 2.69 bits per heavy atom. The summed E-state index contributed by atoms with van der Waals surface area (Å²) in [5, 5.41) is 6.63. The first-order valence-corrected chi connectivity index (χ1v) is 12.2. The van der Waals surface area contributed by atoms with Gasteiger partial charge in [-0.1, -0.05) is 30.3 Å². The number of rotatable bonds is 7. The molecule has 1 fully saturated rings. The number of aromatic nitrogens is 2. The van der Waals surface area contributed by atoms with Crippen LogP contribution in [0.3, 0.4) is 0 Å². The monoisotopic (exact) mass is 499 g/mol. The van der Waals surface area contributed by atoms with Gasteiger partial charge in [-0.05, 0) is 73.2 Å². The van der Waals surface area contributed by atoms with Crippen molar-refractivity contribution in [1.29, 1.82) is 0 Å². The fourth-order valence-electron chi connectivity index (χ4n) is 4.61. The molecular formula is C28H26FN5OS. The van der Waals surface area contributed by atoms with Crippen molar-refractivity contribution in [3.63, 3.8) is 0 Å². The lowest BCUT2D eigenvalue weighted by atomic mass is 10.0. The quantitative estimate of drug-likeness (QED) is 0.337. The molecule has 1 saturated heterocycles. The van der Waals surface area contributed by atoms with E-state index in [-0.39, 0.29) is 30.1 Å². The number of amides is 1. The van der Waals surface area contributed by atoms with Gasteiger partial charge < -0.3 is 20.1 Å². The van der Waals surface area contributed by atoms with Gasteiger partial charge in [-0.15, -0.1) is 0 Å². The minimum Gasteiger partial charge on any atom is -0.352 e. The second-order valence-corrected chi connectivity index (χ2v) is 9.13. The van der Waals surface area contributed by atoms with Crippen LogP contribution in [0.2, 0.25) is 0 Å². The normalized spacial score (nSPS) is 17.2. The third-order valence-electron chi connectivity index (χ3n) is 6.29. The molecule has 1 aliphatic rings. The van der Waals surface area contributed by atoms with Crippen molar-refractivity contribution in [2.45, 2.75) is 25.4 Å². The Hall–Kier alpha value is -4.04. The van der Waals surface area contributed by atoms with Crippen LogP contribution in [0.1, 0.15) is 35.5 Å². The summed E-state index contributed by atoms with van der Waals surface area (Å²) in [7, 11) is 0. The van der Waals surface area contributed by atoms with Crippen LogP contribution in [0.5, 0.6) is 0 Å². The van der Waals surface area contributed by atoms with Crippen LogP contribution < -0.4 is 10.6 Å². The number of carbonyl (C=O) groups excluding carboxylic acids is 1. The van der Waals surface area contributed by atoms with Crippen molar-refractivity contribution in [2.75, 3.05) is 11.9 Å². The summed E-state index contributed by atoms with van der Waals surface area (Å²) in [6, 6.07) is 23.9. The van der Waals surface area contributed by atoms with Crippen molar-refractivity contribution in [1.82, 2.24) is 19.8 Å². The lowest BCUT2D eigenvalue weighted by Crippen LogP contribution is -2.33. The van der Waals surface area contributed by atoms with E-state index in [1.54, 1.807) is 24.4 Å². The molecule has 5 rings (SSSR count). The van der Waals surface area contributed by atoms with Gasteiger partial charge in [0.05, 0.1) is 23.5 Å². The van der Waals surface area contributed by atoms with Gasteiger partial charge in [0, 0.05) is 36.7 Å². The van der Waals surface area contributed by atoms with Crippen LogP contribution in [-0.4, -0.2) is 32.0 Å². The molecule has 8 heteroatoms. The van der Waals surface area contributed by atoms with E-state index < -0.39 is 5.82 Å². The third-order valence-corrected chi connectivity index (χ3v) is 6.64. The minimum atomic E-state index is -0.465. The van der Waals surface area contributed by atoms with Gasteiger partial charge >= 0.3 is 0 Å². The Bertz CT molecular complexity index is 1390. The third kappa shape index (κ3) is 4.85. The van der Waals surface area contributed by atoms with E-state index >= 15 is 0 Å². The van der Waals surface area contributed by atoms with E-state index in [1.165, 1.54) is 6.07 Å². The van der Waals surface area contributed by atoms with E-state index in [2.05, 4.69) is 51.4 Å². The number of thiocarbonyl (C=S) groups is 1. The molecule has 36 heavy (non-hydrogen) atoms. The highest BCUT2D eigenvalue weighted by Crippen LogP contribution is 2.39. The number of hydrogen-bond acceptors (Lipinski definition) is 3.